The number of carbonyl (C=O) groups is 2. The highest BCUT2D eigenvalue weighted by Gasteiger charge is 2.29. The van der Waals surface area contributed by atoms with Gasteiger partial charge in [-0.05, 0) is 0 Å². The van der Waals surface area contributed by atoms with Gasteiger partial charge < -0.3 is 4.90 Å². The Kier molecular flexibility index (Phi) is 2.44. The number of nitrogens with two attached hydrogens (primary N) is 1. The van der Waals surface area contributed by atoms with Crippen LogP contribution < -0.4 is 5.84 Å². The van der Waals surface area contributed by atoms with Crippen LogP contribution in [0.4, 0.5) is 0 Å². The zero-order valence-electron chi connectivity index (χ0n) is 6.69. The highest BCUT2D eigenvalue weighted by Crippen LogP contribution is 2.00. The molecule has 0 radical (unpaired) electrons. The molecule has 2 amide bonds. The second kappa shape index (κ2) is 3.36. The van der Waals surface area contributed by atoms with Crippen molar-refractivity contribution in [1.82, 2.24) is 9.91 Å². The third-order valence-corrected chi connectivity index (χ3v) is 1.69. The third-order valence-electron chi connectivity index (χ3n) is 1.69. The van der Waals surface area contributed by atoms with Gasteiger partial charge in [-0.3, -0.25) is 14.6 Å². The summed E-state index contributed by atoms with van der Waals surface area (Å²) >= 11 is 0. The molecule has 0 atom stereocenters. The van der Waals surface area contributed by atoms with Crippen LogP contribution >= 0.6 is 0 Å². The van der Waals surface area contributed by atoms with Crippen LogP contribution in [0.1, 0.15) is 0 Å². The topological polar surface area (TPSA) is 66.6 Å². The maximum absolute atomic E-state index is 11.1. The second-order valence-electron chi connectivity index (χ2n) is 2.54. The first-order chi connectivity index (χ1) is 5.66. The number of hydrogen-bond acceptors (Lipinski definition) is 3. The highest BCUT2D eigenvalue weighted by molar-refractivity contribution is 6.35. The van der Waals surface area contributed by atoms with Crippen molar-refractivity contribution in [3.63, 3.8) is 0 Å². The van der Waals surface area contributed by atoms with Gasteiger partial charge >= 0.3 is 11.8 Å². The molecule has 5 nitrogen and oxygen atoms in total. The minimum absolute atomic E-state index is 0.387. The van der Waals surface area contributed by atoms with E-state index in [1.807, 2.05) is 0 Å². The minimum atomic E-state index is -0.650. The van der Waals surface area contributed by atoms with Crippen molar-refractivity contribution in [2.75, 3.05) is 19.6 Å². The molecule has 12 heavy (non-hydrogen) atoms. The quantitative estimate of drug-likeness (QED) is 0.242. The van der Waals surface area contributed by atoms with Gasteiger partial charge in [0.2, 0.25) is 0 Å². The zero-order valence-corrected chi connectivity index (χ0v) is 6.69. The van der Waals surface area contributed by atoms with Gasteiger partial charge in [0, 0.05) is 13.1 Å². The molecule has 0 aromatic rings. The van der Waals surface area contributed by atoms with E-state index in [1.165, 1.54) is 4.90 Å². The molecule has 0 aliphatic carbocycles. The fraction of sp³-hybridized carbons (Fsp3) is 0.429. The molecule has 1 saturated heterocycles. The van der Waals surface area contributed by atoms with Crippen molar-refractivity contribution in [2.24, 2.45) is 5.84 Å². The number of amides is 2. The maximum Gasteiger partial charge on any atom is 0.326 e. The molecule has 1 heterocycles. The van der Waals surface area contributed by atoms with E-state index in [4.69, 9.17) is 5.84 Å². The number of rotatable bonds is 2. The van der Waals surface area contributed by atoms with E-state index >= 15 is 0 Å². The van der Waals surface area contributed by atoms with E-state index in [-0.39, 0.29) is 0 Å². The van der Waals surface area contributed by atoms with Crippen molar-refractivity contribution >= 4 is 11.8 Å². The van der Waals surface area contributed by atoms with Crippen LogP contribution in [-0.2, 0) is 9.59 Å². The van der Waals surface area contributed by atoms with E-state index in [2.05, 4.69) is 6.58 Å². The molecule has 2 N–H and O–H groups in total. The predicted octanol–water partition coefficient (Wildman–Crippen LogP) is -1.28. The Balaban J connectivity index is 2.65. The smallest absolute Gasteiger partial charge is 0.326 e. The van der Waals surface area contributed by atoms with Crippen LogP contribution in [0.15, 0.2) is 12.7 Å². The minimum Gasteiger partial charge on any atom is -0.329 e. The van der Waals surface area contributed by atoms with Crippen LogP contribution in [0.5, 0.6) is 0 Å². The molecule has 0 saturated carbocycles. The number of carbonyl (C=O) groups excluding carboxylic acids is 2. The van der Waals surface area contributed by atoms with Gasteiger partial charge in [0.15, 0.2) is 0 Å². The van der Waals surface area contributed by atoms with E-state index in [0.29, 0.717) is 19.6 Å². The number of hydrazine groups is 1. The SMILES string of the molecule is C=CCN1CCN(N)C(=O)C1=O. The molecule has 0 aromatic heterocycles. The fourth-order valence-corrected chi connectivity index (χ4v) is 1.02. The summed E-state index contributed by atoms with van der Waals surface area (Å²) in [5, 5.41) is 0.932. The predicted molar refractivity (Wildman–Crippen MR) is 42.7 cm³/mol. The van der Waals surface area contributed by atoms with Gasteiger partial charge in [0.1, 0.15) is 0 Å². The van der Waals surface area contributed by atoms with Crippen LogP contribution in [0.25, 0.3) is 0 Å². The maximum atomic E-state index is 11.1. The summed E-state index contributed by atoms with van der Waals surface area (Å²) in [4.78, 5) is 23.5. The molecule has 0 spiro atoms. The Morgan fingerprint density at radius 2 is 2.08 bits per heavy atom. The molecule has 0 bridgehead atoms. The van der Waals surface area contributed by atoms with Gasteiger partial charge in [-0.25, -0.2) is 5.84 Å². The Bertz CT molecular complexity index is 227. The normalized spacial score (nSPS) is 18.4. The highest BCUT2D eigenvalue weighted by atomic mass is 16.2. The Labute approximate surface area is 70.4 Å². The molecular formula is C7H11N3O2. The first-order valence-electron chi connectivity index (χ1n) is 3.63. The summed E-state index contributed by atoms with van der Waals surface area (Å²) < 4.78 is 0. The zero-order chi connectivity index (χ0) is 9.14. The van der Waals surface area contributed by atoms with Gasteiger partial charge in [-0.2, -0.15) is 0 Å². The monoisotopic (exact) mass is 169 g/mol. The number of piperazine rings is 1. The van der Waals surface area contributed by atoms with Crippen LogP contribution in [0.2, 0.25) is 0 Å². The number of hydrogen-bond donors (Lipinski definition) is 1. The second-order valence-corrected chi connectivity index (χ2v) is 2.54. The average molecular weight is 169 g/mol. The first kappa shape index (κ1) is 8.73. The molecule has 0 aromatic carbocycles. The van der Waals surface area contributed by atoms with Crippen molar-refractivity contribution in [1.29, 1.82) is 0 Å². The fourth-order valence-electron chi connectivity index (χ4n) is 1.02. The molecule has 0 unspecified atom stereocenters. The first-order valence-corrected chi connectivity index (χ1v) is 3.63. The van der Waals surface area contributed by atoms with Gasteiger partial charge in [-0.1, -0.05) is 6.08 Å². The van der Waals surface area contributed by atoms with Crippen molar-refractivity contribution < 1.29 is 9.59 Å². The third kappa shape index (κ3) is 1.45. The largest absolute Gasteiger partial charge is 0.329 e. The van der Waals surface area contributed by atoms with Crippen molar-refractivity contribution in [2.45, 2.75) is 0 Å². The van der Waals surface area contributed by atoms with E-state index in [9.17, 15) is 9.59 Å². The molecule has 5 heteroatoms. The number of nitrogens with zero attached hydrogens (tertiary/aromatic N) is 2. The molecule has 1 fully saturated rings. The molecular weight excluding hydrogens is 158 g/mol. The summed E-state index contributed by atoms with van der Waals surface area (Å²) in [6.07, 6.45) is 1.58. The van der Waals surface area contributed by atoms with Gasteiger partial charge in [-0.15, -0.1) is 6.58 Å². The molecule has 1 rings (SSSR count). The van der Waals surface area contributed by atoms with E-state index < -0.39 is 11.8 Å². The lowest BCUT2D eigenvalue weighted by Gasteiger charge is -2.29. The van der Waals surface area contributed by atoms with Gasteiger partial charge in [0.25, 0.3) is 0 Å². The Morgan fingerprint density at radius 3 is 2.67 bits per heavy atom. The molecule has 1 aliphatic heterocycles. The Hall–Kier alpha value is -1.36. The standard InChI is InChI=1S/C7H11N3O2/c1-2-3-9-4-5-10(8)7(12)6(9)11/h2H,1,3-5,8H2. The van der Waals surface area contributed by atoms with E-state index in [0.717, 1.165) is 5.01 Å². The van der Waals surface area contributed by atoms with Crippen molar-refractivity contribution in [3.05, 3.63) is 12.7 Å². The van der Waals surface area contributed by atoms with Crippen LogP contribution in [-0.4, -0.2) is 41.4 Å². The van der Waals surface area contributed by atoms with Crippen LogP contribution in [0.3, 0.4) is 0 Å². The summed E-state index contributed by atoms with van der Waals surface area (Å²) in [6.45, 7) is 4.75. The van der Waals surface area contributed by atoms with Crippen molar-refractivity contribution in [3.8, 4) is 0 Å². The van der Waals surface area contributed by atoms with Crippen LogP contribution in [0, 0.1) is 0 Å². The summed E-state index contributed by atoms with van der Waals surface area (Å²) in [5.74, 6) is 4.04. The molecule has 1 aliphatic rings. The summed E-state index contributed by atoms with van der Waals surface area (Å²) in [7, 11) is 0. The Morgan fingerprint density at radius 1 is 1.42 bits per heavy atom. The van der Waals surface area contributed by atoms with Gasteiger partial charge in [0.05, 0.1) is 6.54 Å². The lowest BCUT2D eigenvalue weighted by atomic mass is 10.3. The van der Waals surface area contributed by atoms with E-state index in [1.54, 1.807) is 6.08 Å². The summed E-state index contributed by atoms with van der Waals surface area (Å²) in [6, 6.07) is 0. The lowest BCUT2D eigenvalue weighted by Crippen LogP contribution is -2.56. The molecule has 66 valence electrons. The summed E-state index contributed by atoms with van der Waals surface area (Å²) in [5.41, 5.74) is 0. The average Bonchev–Trinajstić information content (AvgIpc) is 2.07. The lowest BCUT2D eigenvalue weighted by molar-refractivity contribution is -0.155.